The molecule has 1 atom stereocenters. The lowest BCUT2D eigenvalue weighted by atomic mass is 9.73. The average Bonchev–Trinajstić information content (AvgIpc) is 3.46. The van der Waals surface area contributed by atoms with Crippen LogP contribution in [0.3, 0.4) is 0 Å². The number of fused-ring (bicyclic) bond motifs is 2. The molecule has 1 spiro atoms. The number of carbonyl (C=O) groups is 2. The molecule has 0 radical (unpaired) electrons. The number of nitrogens with zero attached hydrogens (tertiary/aromatic N) is 2. The molecule has 34 heavy (non-hydrogen) atoms. The van der Waals surface area contributed by atoms with Crippen molar-refractivity contribution in [2.45, 2.75) is 56.4 Å². The zero-order chi connectivity index (χ0) is 23.7. The second kappa shape index (κ2) is 9.61. The van der Waals surface area contributed by atoms with Crippen molar-refractivity contribution < 1.29 is 14.7 Å². The molecule has 1 aliphatic carbocycles. The van der Waals surface area contributed by atoms with Crippen LogP contribution in [0.1, 0.15) is 61.1 Å². The summed E-state index contributed by atoms with van der Waals surface area (Å²) in [5.41, 5.74) is 4.76. The van der Waals surface area contributed by atoms with Crippen LogP contribution in [-0.2, 0) is 16.8 Å². The van der Waals surface area contributed by atoms with Crippen LogP contribution in [0.25, 0.3) is 0 Å². The van der Waals surface area contributed by atoms with Gasteiger partial charge in [-0.15, -0.1) is 0 Å². The summed E-state index contributed by atoms with van der Waals surface area (Å²) in [5.74, 6) is -0.716. The molecule has 0 saturated carbocycles. The number of nitrogens with one attached hydrogen (secondary N) is 1. The zero-order valence-corrected chi connectivity index (χ0v) is 21.0. The van der Waals surface area contributed by atoms with Gasteiger partial charge in [-0.05, 0) is 66.8 Å². The Kier molecular flexibility index (Phi) is 6.56. The summed E-state index contributed by atoms with van der Waals surface area (Å²) in [4.78, 5) is 28.9. The number of urea groups is 1. The van der Waals surface area contributed by atoms with Gasteiger partial charge in [0.25, 0.3) is 0 Å². The van der Waals surface area contributed by atoms with Crippen molar-refractivity contribution in [2.75, 3.05) is 31.1 Å². The molecule has 0 aromatic heterocycles. The molecule has 2 aromatic carbocycles. The standard InChI is InChI=1S/C27H32BrN3O3/c28-22-8-5-7-21-20(16-24(32)33)17-27(25(21)22)10-14-31(15-11-27)26(34)29-18-19-6-1-2-9-23(19)30-12-3-4-13-30/h1-2,5-9,20H,3-4,10-18H2,(H,29,34)(H,32,33). The topological polar surface area (TPSA) is 72.9 Å². The largest absolute Gasteiger partial charge is 0.481 e. The molecule has 5 rings (SSSR count). The molecule has 2 N–H and O–H groups in total. The summed E-state index contributed by atoms with van der Waals surface area (Å²) in [6, 6.07) is 14.5. The molecule has 2 amide bonds. The van der Waals surface area contributed by atoms with Gasteiger partial charge in [-0.2, -0.15) is 0 Å². The first kappa shape index (κ1) is 23.2. The normalized spacial score (nSPS) is 21.0. The summed E-state index contributed by atoms with van der Waals surface area (Å²) in [6.45, 7) is 4.06. The third-order valence-electron chi connectivity index (χ3n) is 7.95. The Bertz CT molecular complexity index is 1070. The van der Waals surface area contributed by atoms with E-state index in [4.69, 9.17) is 0 Å². The highest BCUT2D eigenvalue weighted by Crippen LogP contribution is 2.54. The first-order valence-corrected chi connectivity index (χ1v) is 13.1. The first-order valence-electron chi connectivity index (χ1n) is 12.3. The fraction of sp³-hybridized carbons (Fsp3) is 0.481. The van der Waals surface area contributed by atoms with Gasteiger partial charge in [-0.1, -0.05) is 46.3 Å². The fourth-order valence-corrected chi connectivity index (χ4v) is 7.12. The number of amides is 2. The second-order valence-electron chi connectivity index (χ2n) is 9.95. The minimum Gasteiger partial charge on any atom is -0.481 e. The van der Waals surface area contributed by atoms with Gasteiger partial charge in [0.1, 0.15) is 0 Å². The maximum absolute atomic E-state index is 13.0. The van der Waals surface area contributed by atoms with E-state index in [1.54, 1.807) is 0 Å². The smallest absolute Gasteiger partial charge is 0.317 e. The SMILES string of the molecule is O=C(O)CC1CC2(CCN(C(=O)NCc3ccccc3N3CCCC3)CC2)c2c(Br)cccc21. The van der Waals surface area contributed by atoms with Crippen molar-refractivity contribution in [2.24, 2.45) is 0 Å². The van der Waals surface area contributed by atoms with Gasteiger partial charge in [0.05, 0.1) is 6.42 Å². The Morgan fingerprint density at radius 1 is 1.03 bits per heavy atom. The Morgan fingerprint density at radius 3 is 2.50 bits per heavy atom. The number of carboxylic acids is 1. The highest BCUT2D eigenvalue weighted by molar-refractivity contribution is 9.10. The van der Waals surface area contributed by atoms with Gasteiger partial charge in [-0.25, -0.2) is 4.79 Å². The number of hydrogen-bond donors (Lipinski definition) is 2. The van der Waals surface area contributed by atoms with Gasteiger partial charge < -0.3 is 20.2 Å². The third-order valence-corrected chi connectivity index (χ3v) is 8.61. The molecule has 6 nitrogen and oxygen atoms in total. The van der Waals surface area contributed by atoms with E-state index in [2.05, 4.69) is 56.5 Å². The monoisotopic (exact) mass is 525 g/mol. The molecule has 7 heteroatoms. The number of para-hydroxylation sites is 1. The molecule has 0 bridgehead atoms. The number of benzene rings is 2. The van der Waals surface area contributed by atoms with Crippen LogP contribution < -0.4 is 10.2 Å². The van der Waals surface area contributed by atoms with Crippen molar-refractivity contribution in [3.05, 3.63) is 63.6 Å². The number of piperidine rings is 1. The number of carbonyl (C=O) groups excluding carboxylic acids is 1. The van der Waals surface area contributed by atoms with Gasteiger partial charge in [-0.3, -0.25) is 4.79 Å². The number of anilines is 1. The molecule has 2 fully saturated rings. The molecular formula is C27H32BrN3O3. The number of likely N-dealkylation sites (tertiary alicyclic amines) is 1. The summed E-state index contributed by atoms with van der Waals surface area (Å²) in [6.07, 6.45) is 5.17. The van der Waals surface area contributed by atoms with Gasteiger partial charge in [0.15, 0.2) is 0 Å². The van der Waals surface area contributed by atoms with E-state index < -0.39 is 5.97 Å². The molecule has 3 aliphatic rings. The third kappa shape index (κ3) is 4.42. The molecule has 2 saturated heterocycles. The van der Waals surface area contributed by atoms with Crippen LogP contribution in [-0.4, -0.2) is 48.2 Å². The van der Waals surface area contributed by atoms with Gasteiger partial charge in [0, 0.05) is 48.3 Å². The lowest BCUT2D eigenvalue weighted by Gasteiger charge is -2.40. The van der Waals surface area contributed by atoms with E-state index >= 15 is 0 Å². The number of halogens is 1. The minimum atomic E-state index is -0.751. The van der Waals surface area contributed by atoms with Crippen LogP contribution in [0.4, 0.5) is 10.5 Å². The minimum absolute atomic E-state index is 0.0153. The number of rotatable bonds is 5. The maximum Gasteiger partial charge on any atom is 0.317 e. The quantitative estimate of drug-likeness (QED) is 0.558. The van der Waals surface area contributed by atoms with Crippen LogP contribution in [0.2, 0.25) is 0 Å². The van der Waals surface area contributed by atoms with E-state index in [0.29, 0.717) is 19.6 Å². The summed E-state index contributed by atoms with van der Waals surface area (Å²) in [5, 5.41) is 12.6. The van der Waals surface area contributed by atoms with Gasteiger partial charge >= 0.3 is 12.0 Å². The van der Waals surface area contributed by atoms with Crippen LogP contribution >= 0.6 is 15.9 Å². The van der Waals surface area contributed by atoms with E-state index in [-0.39, 0.29) is 23.8 Å². The number of aliphatic carboxylic acids is 1. The van der Waals surface area contributed by atoms with E-state index in [0.717, 1.165) is 48.0 Å². The van der Waals surface area contributed by atoms with Crippen molar-refractivity contribution in [3.8, 4) is 0 Å². The number of carboxylic acid groups (broad SMARTS) is 1. The van der Waals surface area contributed by atoms with E-state index in [1.807, 2.05) is 17.0 Å². The highest BCUT2D eigenvalue weighted by Gasteiger charge is 2.47. The van der Waals surface area contributed by atoms with Crippen molar-refractivity contribution >= 4 is 33.6 Å². The molecule has 1 unspecified atom stereocenters. The lowest BCUT2D eigenvalue weighted by molar-refractivity contribution is -0.137. The van der Waals surface area contributed by atoms with Crippen LogP contribution in [0.15, 0.2) is 46.9 Å². The Balaban J connectivity index is 1.24. The molecular weight excluding hydrogens is 494 g/mol. The van der Waals surface area contributed by atoms with Crippen molar-refractivity contribution in [1.29, 1.82) is 0 Å². The lowest BCUT2D eigenvalue weighted by Crippen LogP contribution is -2.48. The Hall–Kier alpha value is -2.54. The Labute approximate surface area is 209 Å². The molecule has 2 aromatic rings. The zero-order valence-electron chi connectivity index (χ0n) is 19.4. The van der Waals surface area contributed by atoms with Gasteiger partial charge in [0.2, 0.25) is 0 Å². The van der Waals surface area contributed by atoms with E-state index in [9.17, 15) is 14.7 Å². The average molecular weight is 526 g/mol. The number of hydrogen-bond acceptors (Lipinski definition) is 3. The summed E-state index contributed by atoms with van der Waals surface area (Å²) in [7, 11) is 0. The van der Waals surface area contributed by atoms with Crippen molar-refractivity contribution in [1.82, 2.24) is 10.2 Å². The summed E-state index contributed by atoms with van der Waals surface area (Å²) < 4.78 is 1.06. The first-order chi connectivity index (χ1) is 16.5. The van der Waals surface area contributed by atoms with E-state index in [1.165, 1.54) is 24.1 Å². The predicted molar refractivity (Wildman–Crippen MR) is 136 cm³/mol. The molecule has 2 aliphatic heterocycles. The maximum atomic E-state index is 13.0. The molecule has 2 heterocycles. The fourth-order valence-electron chi connectivity index (χ4n) is 6.32. The van der Waals surface area contributed by atoms with Crippen LogP contribution in [0, 0.1) is 0 Å². The Morgan fingerprint density at radius 2 is 1.76 bits per heavy atom. The van der Waals surface area contributed by atoms with Crippen molar-refractivity contribution in [3.63, 3.8) is 0 Å². The predicted octanol–water partition coefficient (Wildman–Crippen LogP) is 5.25. The molecule has 180 valence electrons. The highest BCUT2D eigenvalue weighted by atomic mass is 79.9. The van der Waals surface area contributed by atoms with Crippen LogP contribution in [0.5, 0.6) is 0 Å². The second-order valence-corrected chi connectivity index (χ2v) is 10.8. The summed E-state index contributed by atoms with van der Waals surface area (Å²) >= 11 is 3.74.